The number of benzene rings is 2. The van der Waals surface area contributed by atoms with E-state index in [-0.39, 0.29) is 6.73 Å². The molecule has 0 heterocycles. The zero-order valence-corrected chi connectivity index (χ0v) is 17.3. The van der Waals surface area contributed by atoms with Gasteiger partial charge in [0.2, 0.25) is 0 Å². The molecular formula is C23H24F3N3O3. The van der Waals surface area contributed by atoms with Crippen LogP contribution >= 0.6 is 0 Å². The van der Waals surface area contributed by atoms with Crippen LogP contribution in [-0.2, 0) is 22.3 Å². The normalized spacial score (nSPS) is 13.3. The summed E-state index contributed by atoms with van der Waals surface area (Å²) in [6, 6.07) is 10.8. The number of hydrogen-bond acceptors (Lipinski definition) is 5. The number of carbonyl (C=O) groups is 1. The van der Waals surface area contributed by atoms with E-state index in [1.165, 1.54) is 12.1 Å². The average molecular weight is 447 g/mol. The van der Waals surface area contributed by atoms with Gasteiger partial charge in [-0.15, -0.1) is 0 Å². The van der Waals surface area contributed by atoms with Crippen molar-refractivity contribution in [2.75, 3.05) is 6.73 Å². The van der Waals surface area contributed by atoms with Gasteiger partial charge in [-0.05, 0) is 54.5 Å². The Morgan fingerprint density at radius 2 is 1.84 bits per heavy atom. The number of ether oxygens (including phenoxy) is 1. The van der Waals surface area contributed by atoms with Gasteiger partial charge < -0.3 is 10.5 Å². The zero-order valence-electron chi connectivity index (χ0n) is 17.3. The lowest BCUT2D eigenvalue weighted by Crippen LogP contribution is -2.53. The van der Waals surface area contributed by atoms with E-state index < -0.39 is 29.7 Å². The summed E-state index contributed by atoms with van der Waals surface area (Å²) < 4.78 is 43.1. The second-order valence-electron chi connectivity index (χ2n) is 6.93. The van der Waals surface area contributed by atoms with Gasteiger partial charge in [-0.3, -0.25) is 15.3 Å². The summed E-state index contributed by atoms with van der Waals surface area (Å²) in [6.45, 7) is 2.00. The van der Waals surface area contributed by atoms with Crippen LogP contribution in [-0.4, -0.2) is 29.9 Å². The van der Waals surface area contributed by atoms with Gasteiger partial charge in [0.05, 0.1) is 18.9 Å². The maximum Gasteiger partial charge on any atom is 0.416 e. The van der Waals surface area contributed by atoms with Crippen LogP contribution in [0.2, 0.25) is 0 Å². The Balaban J connectivity index is 1.81. The van der Waals surface area contributed by atoms with E-state index in [4.69, 9.17) is 15.7 Å². The summed E-state index contributed by atoms with van der Waals surface area (Å²) in [7, 11) is 0. The molecule has 2 aromatic carbocycles. The Labute approximate surface area is 184 Å². The number of hydrogen-bond donors (Lipinski definition) is 4. The minimum atomic E-state index is -4.36. The fourth-order valence-corrected chi connectivity index (χ4v) is 2.63. The van der Waals surface area contributed by atoms with Crippen molar-refractivity contribution in [1.29, 1.82) is 0 Å². The predicted molar refractivity (Wildman–Crippen MR) is 114 cm³/mol. The van der Waals surface area contributed by atoms with Crippen LogP contribution in [0.1, 0.15) is 29.2 Å². The first kappa shape index (κ1) is 25.1. The Kier molecular flexibility index (Phi) is 9.43. The van der Waals surface area contributed by atoms with Crippen LogP contribution < -0.4 is 16.5 Å². The number of carbonyl (C=O) groups excluding carboxylic acids is 1. The molecule has 0 aliphatic heterocycles. The van der Waals surface area contributed by atoms with Crippen LogP contribution in [0.4, 0.5) is 13.2 Å². The molecule has 5 N–H and O–H groups in total. The van der Waals surface area contributed by atoms with Crippen molar-refractivity contribution in [3.05, 3.63) is 76.9 Å². The molecule has 2 atom stereocenters. The Hall–Kier alpha value is -3.16. The molecule has 6 nitrogen and oxygen atoms in total. The molecule has 1 amide bonds. The first-order valence-corrected chi connectivity index (χ1v) is 9.65. The van der Waals surface area contributed by atoms with Crippen LogP contribution in [0, 0.1) is 11.8 Å². The van der Waals surface area contributed by atoms with E-state index in [1.54, 1.807) is 24.6 Å². The van der Waals surface area contributed by atoms with Gasteiger partial charge in [0.25, 0.3) is 5.91 Å². The molecule has 32 heavy (non-hydrogen) atoms. The first-order chi connectivity index (χ1) is 15.2. The molecule has 0 aliphatic rings. The van der Waals surface area contributed by atoms with Gasteiger partial charge in [-0.2, -0.15) is 13.2 Å². The van der Waals surface area contributed by atoms with Crippen LogP contribution in [0.3, 0.4) is 0 Å². The molecule has 2 rings (SSSR count). The van der Waals surface area contributed by atoms with Gasteiger partial charge in [0.15, 0.2) is 0 Å². The largest absolute Gasteiger partial charge is 0.416 e. The first-order valence-electron chi connectivity index (χ1n) is 9.65. The summed E-state index contributed by atoms with van der Waals surface area (Å²) in [5.74, 6) is 4.94. The van der Waals surface area contributed by atoms with E-state index in [2.05, 4.69) is 17.2 Å². The SMILES string of the molecule is C[C@@H](N)[C@H](NCOCc1ccc(/C=C/C#Cc2ccc(C(F)(F)F)cc2)cc1)C(=O)NO. The smallest absolute Gasteiger partial charge is 0.362 e. The number of halogens is 3. The van der Waals surface area contributed by atoms with Gasteiger partial charge in [0, 0.05) is 11.6 Å². The number of nitrogens with one attached hydrogen (secondary N) is 2. The number of alkyl halides is 3. The Morgan fingerprint density at radius 3 is 2.41 bits per heavy atom. The third-order valence-electron chi connectivity index (χ3n) is 4.36. The van der Waals surface area contributed by atoms with Crippen molar-refractivity contribution in [3.8, 4) is 11.8 Å². The number of amides is 1. The molecule has 2 aromatic rings. The van der Waals surface area contributed by atoms with Crippen molar-refractivity contribution >= 4 is 12.0 Å². The molecule has 0 fully saturated rings. The molecule has 0 unspecified atom stereocenters. The lowest BCUT2D eigenvalue weighted by atomic mass is 10.1. The average Bonchev–Trinajstić information content (AvgIpc) is 2.76. The maximum atomic E-state index is 12.5. The number of rotatable bonds is 8. The van der Waals surface area contributed by atoms with E-state index >= 15 is 0 Å². The molecule has 0 saturated carbocycles. The maximum absolute atomic E-state index is 12.5. The van der Waals surface area contributed by atoms with Crippen molar-refractivity contribution in [1.82, 2.24) is 10.8 Å². The molecule has 0 saturated heterocycles. The highest BCUT2D eigenvalue weighted by Gasteiger charge is 2.29. The topological polar surface area (TPSA) is 96.6 Å². The summed E-state index contributed by atoms with van der Waals surface area (Å²) in [5.41, 5.74) is 8.82. The lowest BCUT2D eigenvalue weighted by Gasteiger charge is -2.19. The van der Waals surface area contributed by atoms with Crippen molar-refractivity contribution in [3.63, 3.8) is 0 Å². The molecule has 9 heteroatoms. The molecule has 0 spiro atoms. The molecule has 170 valence electrons. The molecular weight excluding hydrogens is 423 g/mol. The Bertz CT molecular complexity index is 960. The molecule has 0 bridgehead atoms. The number of nitrogens with two attached hydrogens (primary N) is 1. The third kappa shape index (κ3) is 8.17. The lowest BCUT2D eigenvalue weighted by molar-refractivity contribution is -0.137. The quantitative estimate of drug-likeness (QED) is 0.164. The molecule has 0 aliphatic carbocycles. The van der Waals surface area contributed by atoms with E-state index in [9.17, 15) is 18.0 Å². The summed E-state index contributed by atoms with van der Waals surface area (Å²) in [6.07, 6.45) is -0.959. The van der Waals surface area contributed by atoms with E-state index in [1.807, 2.05) is 24.3 Å². The third-order valence-corrected chi connectivity index (χ3v) is 4.36. The van der Waals surface area contributed by atoms with Crippen LogP contribution in [0.25, 0.3) is 6.08 Å². The molecule has 0 radical (unpaired) electrons. The zero-order chi connectivity index (χ0) is 23.6. The standard InChI is InChI=1S/C23H24F3N3O3/c1-16(27)21(22(30)29-31)28-15-32-14-19-8-6-17(7-9-19)4-2-3-5-18-10-12-20(13-11-18)23(24,25)26/h2,4,6-13,16,21,28,31H,14-15,27H2,1H3,(H,29,30)/b4-2+/t16-,21+/m1/s1. The molecule has 0 aromatic heterocycles. The van der Waals surface area contributed by atoms with Gasteiger partial charge in [-0.25, -0.2) is 5.48 Å². The highest BCUT2D eigenvalue weighted by molar-refractivity contribution is 5.81. The monoisotopic (exact) mass is 447 g/mol. The minimum absolute atomic E-state index is 0.0703. The van der Waals surface area contributed by atoms with E-state index in [0.29, 0.717) is 12.2 Å². The summed E-state index contributed by atoms with van der Waals surface area (Å²) >= 11 is 0. The minimum Gasteiger partial charge on any atom is -0.362 e. The van der Waals surface area contributed by atoms with Crippen LogP contribution in [0.5, 0.6) is 0 Å². The van der Waals surface area contributed by atoms with Crippen LogP contribution in [0.15, 0.2) is 54.6 Å². The van der Waals surface area contributed by atoms with Gasteiger partial charge in [-0.1, -0.05) is 36.1 Å². The number of allylic oxidation sites excluding steroid dienone is 1. The fraction of sp³-hybridized carbons (Fsp3) is 0.261. The second kappa shape index (κ2) is 12.0. The summed E-state index contributed by atoms with van der Waals surface area (Å²) in [5, 5.41) is 11.5. The second-order valence-corrected chi connectivity index (χ2v) is 6.93. The highest BCUT2D eigenvalue weighted by Crippen LogP contribution is 2.28. The Morgan fingerprint density at radius 1 is 1.19 bits per heavy atom. The summed E-state index contributed by atoms with van der Waals surface area (Å²) in [4.78, 5) is 11.5. The van der Waals surface area contributed by atoms with Crippen molar-refractivity contribution in [2.45, 2.75) is 31.8 Å². The van der Waals surface area contributed by atoms with Gasteiger partial charge >= 0.3 is 6.18 Å². The number of hydroxylamine groups is 1. The highest BCUT2D eigenvalue weighted by atomic mass is 19.4. The van der Waals surface area contributed by atoms with Crippen molar-refractivity contribution in [2.24, 2.45) is 5.73 Å². The predicted octanol–water partition coefficient (Wildman–Crippen LogP) is 3.06. The van der Waals surface area contributed by atoms with Crippen molar-refractivity contribution < 1.29 is 27.9 Å². The van der Waals surface area contributed by atoms with E-state index in [0.717, 1.165) is 23.3 Å². The van der Waals surface area contributed by atoms with Gasteiger partial charge in [0.1, 0.15) is 6.04 Å². The fourth-order valence-electron chi connectivity index (χ4n) is 2.63.